The van der Waals surface area contributed by atoms with Crippen LogP contribution in [-0.2, 0) is 9.53 Å². The van der Waals surface area contributed by atoms with Gasteiger partial charge < -0.3 is 4.74 Å². The molecule has 25 heavy (non-hydrogen) atoms. The third kappa shape index (κ3) is 2.04. The van der Waals surface area contributed by atoms with Gasteiger partial charge in [-0.05, 0) is 24.3 Å². The first kappa shape index (κ1) is 16.0. The number of halogens is 4. The lowest BCUT2D eigenvalue weighted by Crippen LogP contribution is -2.52. The van der Waals surface area contributed by atoms with Gasteiger partial charge in [0.05, 0.1) is 0 Å². The topological polar surface area (TPSA) is 59.0 Å². The van der Waals surface area contributed by atoms with Gasteiger partial charge in [0.1, 0.15) is 24.0 Å². The Balaban J connectivity index is 1.77. The molecule has 3 aliphatic heterocycles. The average Bonchev–Trinajstić information content (AvgIpc) is 3.06. The summed E-state index contributed by atoms with van der Waals surface area (Å²) >= 11 is 0. The molecular formula is C16H12F4N2O3. The van der Waals surface area contributed by atoms with Crippen molar-refractivity contribution in [2.45, 2.75) is 37.2 Å². The van der Waals surface area contributed by atoms with Crippen LogP contribution in [-0.4, -0.2) is 47.3 Å². The molecule has 1 aromatic rings. The van der Waals surface area contributed by atoms with Gasteiger partial charge in [-0.1, -0.05) is 0 Å². The lowest BCUT2D eigenvalue weighted by atomic mass is 9.77. The minimum Gasteiger partial charge on any atom is -0.459 e. The molecule has 0 aromatic heterocycles. The van der Waals surface area contributed by atoms with Crippen molar-refractivity contribution >= 4 is 18.0 Å². The van der Waals surface area contributed by atoms with Crippen LogP contribution in [0.5, 0.6) is 0 Å². The molecule has 4 rings (SSSR count). The van der Waals surface area contributed by atoms with Crippen molar-refractivity contribution in [1.82, 2.24) is 5.01 Å². The normalized spacial score (nSPS) is 33.4. The Hall–Kier alpha value is -2.45. The summed E-state index contributed by atoms with van der Waals surface area (Å²) in [6.45, 7) is 0. The number of carbonyl (C=O) groups is 2. The first-order valence-corrected chi connectivity index (χ1v) is 7.64. The SMILES string of the molecule is O=C(c1ccc(F)cc1)[C@H]1C[C@@]2(C(F)(F)F)C(=O)O[C@H]3CC=NN1[C@H]32. The van der Waals surface area contributed by atoms with Crippen molar-refractivity contribution in [1.29, 1.82) is 0 Å². The molecule has 0 radical (unpaired) electrons. The van der Waals surface area contributed by atoms with Crippen LogP contribution in [0.4, 0.5) is 17.6 Å². The van der Waals surface area contributed by atoms with E-state index >= 15 is 0 Å². The highest BCUT2D eigenvalue weighted by Crippen LogP contribution is 2.58. The van der Waals surface area contributed by atoms with E-state index in [4.69, 9.17) is 4.74 Å². The second-order valence-electron chi connectivity index (χ2n) is 6.36. The number of benzene rings is 1. The Kier molecular flexibility index (Phi) is 3.23. The van der Waals surface area contributed by atoms with E-state index in [9.17, 15) is 27.2 Å². The van der Waals surface area contributed by atoms with Gasteiger partial charge in [0.2, 0.25) is 0 Å². The smallest absolute Gasteiger partial charge is 0.407 e. The van der Waals surface area contributed by atoms with Crippen LogP contribution in [0, 0.1) is 11.2 Å². The number of hydrazone groups is 1. The largest absolute Gasteiger partial charge is 0.459 e. The van der Waals surface area contributed by atoms with E-state index < -0.39 is 53.8 Å². The molecule has 4 atom stereocenters. The summed E-state index contributed by atoms with van der Waals surface area (Å²) in [5, 5.41) is 4.99. The first-order chi connectivity index (χ1) is 11.8. The number of hydrogen-bond acceptors (Lipinski definition) is 5. The summed E-state index contributed by atoms with van der Waals surface area (Å²) in [6.07, 6.45) is -5.20. The summed E-state index contributed by atoms with van der Waals surface area (Å²) in [7, 11) is 0. The predicted octanol–water partition coefficient (Wildman–Crippen LogP) is 2.31. The Morgan fingerprint density at radius 2 is 1.96 bits per heavy atom. The van der Waals surface area contributed by atoms with Crippen LogP contribution >= 0.6 is 0 Å². The number of esters is 1. The Bertz CT molecular complexity index is 777. The second kappa shape index (κ2) is 5.03. The molecule has 0 amide bonds. The molecule has 3 heterocycles. The highest BCUT2D eigenvalue weighted by Gasteiger charge is 2.78. The van der Waals surface area contributed by atoms with E-state index in [-0.39, 0.29) is 12.0 Å². The summed E-state index contributed by atoms with van der Waals surface area (Å²) in [4.78, 5) is 24.8. The maximum atomic E-state index is 13.8. The molecule has 5 nitrogen and oxygen atoms in total. The maximum Gasteiger partial charge on any atom is 0.407 e. The number of carbonyl (C=O) groups excluding carboxylic acids is 2. The van der Waals surface area contributed by atoms with Gasteiger partial charge in [0.25, 0.3) is 0 Å². The molecular weight excluding hydrogens is 344 g/mol. The highest BCUT2D eigenvalue weighted by molar-refractivity contribution is 6.01. The number of alkyl halides is 3. The minimum absolute atomic E-state index is 0.0642. The molecule has 2 saturated heterocycles. The quantitative estimate of drug-likeness (QED) is 0.464. The molecule has 1 aromatic carbocycles. The molecule has 0 aliphatic carbocycles. The van der Waals surface area contributed by atoms with Crippen LogP contribution < -0.4 is 0 Å². The fourth-order valence-electron chi connectivity index (χ4n) is 3.93. The lowest BCUT2D eigenvalue weighted by Gasteiger charge is -2.33. The molecule has 0 saturated carbocycles. The molecule has 3 aliphatic rings. The maximum absolute atomic E-state index is 13.8. The standard InChI is InChI=1S/C16H12F4N2O3/c17-9-3-1-8(2-4-9)12(23)10-7-15(16(18,19)20)13-11(25-14(15)24)5-6-21-22(10)13/h1-4,6,10-11,13H,5,7H2/t10-,11+,13-,15+/m1/s1. The molecule has 2 fully saturated rings. The van der Waals surface area contributed by atoms with Gasteiger partial charge in [-0.25, -0.2) is 4.39 Å². The van der Waals surface area contributed by atoms with E-state index in [0.717, 1.165) is 17.1 Å². The Morgan fingerprint density at radius 1 is 1.28 bits per heavy atom. The Labute approximate surface area is 139 Å². The molecule has 0 bridgehead atoms. The average molecular weight is 356 g/mol. The summed E-state index contributed by atoms with van der Waals surface area (Å²) < 4.78 is 59.4. The van der Waals surface area contributed by atoms with Crippen LogP contribution in [0.2, 0.25) is 0 Å². The molecule has 132 valence electrons. The molecule has 0 unspecified atom stereocenters. The van der Waals surface area contributed by atoms with Crippen LogP contribution in [0.3, 0.4) is 0 Å². The van der Waals surface area contributed by atoms with E-state index in [0.29, 0.717) is 0 Å². The molecule has 0 N–H and O–H groups in total. The number of ketones is 1. The van der Waals surface area contributed by atoms with E-state index in [2.05, 4.69) is 5.10 Å². The van der Waals surface area contributed by atoms with Gasteiger partial charge in [-0.15, -0.1) is 0 Å². The molecule has 9 heteroatoms. The minimum atomic E-state index is -4.87. The van der Waals surface area contributed by atoms with E-state index in [1.807, 2.05) is 0 Å². The summed E-state index contributed by atoms with van der Waals surface area (Å²) in [5.74, 6) is -2.56. The Morgan fingerprint density at radius 3 is 2.60 bits per heavy atom. The van der Waals surface area contributed by atoms with Gasteiger partial charge >= 0.3 is 12.1 Å². The number of rotatable bonds is 2. The van der Waals surface area contributed by atoms with Crippen molar-refractivity contribution in [3.8, 4) is 0 Å². The number of Topliss-reactive ketones (excluding diaryl/α,β-unsaturated/α-hetero) is 1. The number of nitrogens with zero attached hydrogens (tertiary/aromatic N) is 2. The predicted molar refractivity (Wildman–Crippen MR) is 76.2 cm³/mol. The third-order valence-corrected chi connectivity index (χ3v) is 5.09. The lowest BCUT2D eigenvalue weighted by molar-refractivity contribution is -0.224. The zero-order chi connectivity index (χ0) is 18.0. The van der Waals surface area contributed by atoms with Crippen molar-refractivity contribution in [3.63, 3.8) is 0 Å². The van der Waals surface area contributed by atoms with Gasteiger partial charge in [0.15, 0.2) is 11.2 Å². The van der Waals surface area contributed by atoms with Crippen molar-refractivity contribution < 1.29 is 31.9 Å². The fourth-order valence-corrected chi connectivity index (χ4v) is 3.93. The van der Waals surface area contributed by atoms with Gasteiger partial charge in [-0.3, -0.25) is 14.6 Å². The highest BCUT2D eigenvalue weighted by atomic mass is 19.4. The fraction of sp³-hybridized carbons (Fsp3) is 0.438. The number of hydrogen-bond donors (Lipinski definition) is 0. The van der Waals surface area contributed by atoms with Crippen molar-refractivity contribution in [2.24, 2.45) is 10.5 Å². The summed E-state index contributed by atoms with van der Waals surface area (Å²) in [6, 6.07) is 1.90. The van der Waals surface area contributed by atoms with Crippen LogP contribution in [0.15, 0.2) is 29.4 Å². The van der Waals surface area contributed by atoms with Crippen LogP contribution in [0.25, 0.3) is 0 Å². The van der Waals surface area contributed by atoms with Crippen molar-refractivity contribution in [3.05, 3.63) is 35.6 Å². The van der Waals surface area contributed by atoms with E-state index in [1.165, 1.54) is 18.3 Å². The van der Waals surface area contributed by atoms with Crippen molar-refractivity contribution in [2.75, 3.05) is 0 Å². The van der Waals surface area contributed by atoms with Gasteiger partial charge in [-0.2, -0.15) is 18.3 Å². The summed E-state index contributed by atoms with van der Waals surface area (Å²) in [5.41, 5.74) is -2.70. The zero-order valence-electron chi connectivity index (χ0n) is 12.7. The first-order valence-electron chi connectivity index (χ1n) is 7.64. The number of ether oxygens (including phenoxy) is 1. The van der Waals surface area contributed by atoms with Gasteiger partial charge in [0, 0.05) is 24.6 Å². The third-order valence-electron chi connectivity index (χ3n) is 5.09. The zero-order valence-corrected chi connectivity index (χ0v) is 12.7. The molecule has 0 spiro atoms. The second-order valence-corrected chi connectivity index (χ2v) is 6.36. The van der Waals surface area contributed by atoms with E-state index in [1.54, 1.807) is 0 Å². The van der Waals surface area contributed by atoms with Crippen LogP contribution in [0.1, 0.15) is 23.2 Å². The monoisotopic (exact) mass is 356 g/mol.